The molecule has 3 heterocycles. The molecule has 124 valence electrons. The molecule has 0 aliphatic carbocycles. The van der Waals surface area contributed by atoms with Gasteiger partial charge in [0.15, 0.2) is 0 Å². The van der Waals surface area contributed by atoms with Gasteiger partial charge in [0.05, 0.1) is 24.1 Å². The number of ether oxygens (including phenoxy) is 2. The van der Waals surface area contributed by atoms with Crippen LogP contribution in [0.5, 0.6) is 5.75 Å². The van der Waals surface area contributed by atoms with Gasteiger partial charge in [0.2, 0.25) is 0 Å². The van der Waals surface area contributed by atoms with Crippen LogP contribution in [0, 0.1) is 0 Å². The summed E-state index contributed by atoms with van der Waals surface area (Å²) in [4.78, 5) is 4.03. The molecule has 6 heteroatoms. The highest BCUT2D eigenvalue weighted by Crippen LogP contribution is 2.34. The molecule has 0 N–H and O–H groups in total. The third-order valence-corrected chi connectivity index (χ3v) is 4.11. The molecule has 0 bridgehead atoms. The third kappa shape index (κ3) is 4.51. The second kappa shape index (κ2) is 7.08. The fourth-order valence-corrected chi connectivity index (χ4v) is 2.94. The minimum Gasteiger partial charge on any atom is -0.492 e. The lowest BCUT2D eigenvalue weighted by Gasteiger charge is -2.34. The van der Waals surface area contributed by atoms with E-state index < -0.39 is 0 Å². The smallest absolute Gasteiger partial charge is 0.137 e. The summed E-state index contributed by atoms with van der Waals surface area (Å²) in [5.41, 5.74) is 1.01. The lowest BCUT2D eigenvalue weighted by atomic mass is 9.86. The molecule has 1 saturated heterocycles. The van der Waals surface area contributed by atoms with Crippen LogP contribution in [0.1, 0.15) is 44.7 Å². The van der Waals surface area contributed by atoms with Crippen molar-refractivity contribution < 1.29 is 9.47 Å². The molecule has 23 heavy (non-hydrogen) atoms. The van der Waals surface area contributed by atoms with Crippen LogP contribution in [0.25, 0.3) is 0 Å². The SMILES string of the molecule is CC1(C)C[C@@H](c2cn(CCCOc3cccnc3)nn2)CCO1. The molecule has 0 aromatic carbocycles. The van der Waals surface area contributed by atoms with Crippen LogP contribution < -0.4 is 4.74 Å². The summed E-state index contributed by atoms with van der Waals surface area (Å²) < 4.78 is 13.3. The third-order valence-electron chi connectivity index (χ3n) is 4.11. The van der Waals surface area contributed by atoms with Crippen molar-refractivity contribution in [3.63, 3.8) is 0 Å². The van der Waals surface area contributed by atoms with Crippen LogP contribution in [0.2, 0.25) is 0 Å². The first kappa shape index (κ1) is 15.9. The highest BCUT2D eigenvalue weighted by Gasteiger charge is 2.31. The van der Waals surface area contributed by atoms with Crippen LogP contribution in [0.4, 0.5) is 0 Å². The predicted octanol–water partition coefficient (Wildman–Crippen LogP) is 2.81. The average molecular weight is 316 g/mol. The fraction of sp³-hybridized carbons (Fsp3) is 0.588. The minimum atomic E-state index is -0.0652. The van der Waals surface area contributed by atoms with Crippen molar-refractivity contribution in [1.29, 1.82) is 0 Å². The summed E-state index contributed by atoms with van der Waals surface area (Å²) in [6, 6.07) is 3.78. The lowest BCUT2D eigenvalue weighted by Crippen LogP contribution is -2.33. The number of aromatic nitrogens is 4. The number of aryl methyl sites for hydroxylation is 1. The molecular formula is C17H24N4O2. The Morgan fingerprint density at radius 2 is 2.35 bits per heavy atom. The maximum Gasteiger partial charge on any atom is 0.137 e. The van der Waals surface area contributed by atoms with Gasteiger partial charge in [-0.15, -0.1) is 5.10 Å². The topological polar surface area (TPSA) is 62.1 Å². The van der Waals surface area contributed by atoms with Crippen molar-refractivity contribution in [2.45, 2.75) is 51.2 Å². The van der Waals surface area contributed by atoms with Gasteiger partial charge in [-0.05, 0) is 38.8 Å². The molecule has 1 aliphatic rings. The first-order valence-corrected chi connectivity index (χ1v) is 8.19. The highest BCUT2D eigenvalue weighted by atomic mass is 16.5. The molecule has 1 fully saturated rings. The zero-order valence-corrected chi connectivity index (χ0v) is 13.8. The number of hydrogen-bond acceptors (Lipinski definition) is 5. The van der Waals surface area contributed by atoms with Gasteiger partial charge in [-0.3, -0.25) is 9.67 Å². The van der Waals surface area contributed by atoms with Gasteiger partial charge in [0.1, 0.15) is 5.75 Å². The minimum absolute atomic E-state index is 0.0652. The summed E-state index contributed by atoms with van der Waals surface area (Å²) in [5, 5.41) is 8.59. The predicted molar refractivity (Wildman–Crippen MR) is 86.4 cm³/mol. The molecule has 0 radical (unpaired) electrons. The first-order chi connectivity index (χ1) is 11.1. The van der Waals surface area contributed by atoms with E-state index in [0.717, 1.165) is 43.9 Å². The standard InChI is InChI=1S/C17H24N4O2/c1-17(2)11-14(6-10-23-17)16-13-21(20-19-16)8-4-9-22-15-5-3-7-18-12-15/h3,5,7,12-14H,4,6,8-11H2,1-2H3/t14-/m0/s1. The maximum absolute atomic E-state index is 5.77. The Morgan fingerprint density at radius 1 is 1.43 bits per heavy atom. The Labute approximate surface area is 136 Å². The van der Waals surface area contributed by atoms with E-state index in [-0.39, 0.29) is 5.60 Å². The Balaban J connectivity index is 1.46. The van der Waals surface area contributed by atoms with Crippen molar-refractivity contribution in [2.75, 3.05) is 13.2 Å². The van der Waals surface area contributed by atoms with Crippen LogP contribution in [0.3, 0.4) is 0 Å². The zero-order valence-electron chi connectivity index (χ0n) is 13.8. The number of rotatable bonds is 6. The van der Waals surface area contributed by atoms with Crippen molar-refractivity contribution in [2.24, 2.45) is 0 Å². The zero-order chi connectivity index (χ0) is 16.1. The quantitative estimate of drug-likeness (QED) is 0.767. The fourth-order valence-electron chi connectivity index (χ4n) is 2.94. The molecule has 3 rings (SSSR count). The van der Waals surface area contributed by atoms with Gasteiger partial charge >= 0.3 is 0 Å². The Morgan fingerprint density at radius 3 is 3.13 bits per heavy atom. The van der Waals surface area contributed by atoms with Gasteiger partial charge < -0.3 is 9.47 Å². The van der Waals surface area contributed by atoms with E-state index in [1.807, 2.05) is 16.8 Å². The molecule has 0 spiro atoms. The second-order valence-corrected chi connectivity index (χ2v) is 6.60. The molecule has 2 aromatic heterocycles. The molecule has 1 atom stereocenters. The summed E-state index contributed by atoms with van der Waals surface area (Å²) in [5.74, 6) is 1.25. The molecular weight excluding hydrogens is 292 g/mol. The van der Waals surface area contributed by atoms with E-state index in [1.54, 1.807) is 12.4 Å². The van der Waals surface area contributed by atoms with E-state index >= 15 is 0 Å². The molecule has 0 saturated carbocycles. The van der Waals surface area contributed by atoms with Crippen LogP contribution >= 0.6 is 0 Å². The van der Waals surface area contributed by atoms with Crippen LogP contribution in [0.15, 0.2) is 30.7 Å². The summed E-state index contributed by atoms with van der Waals surface area (Å²) >= 11 is 0. The van der Waals surface area contributed by atoms with E-state index in [2.05, 4.69) is 35.3 Å². The molecule has 0 amide bonds. The van der Waals surface area contributed by atoms with E-state index in [0.29, 0.717) is 12.5 Å². The van der Waals surface area contributed by atoms with Gasteiger partial charge in [0.25, 0.3) is 0 Å². The van der Waals surface area contributed by atoms with E-state index in [9.17, 15) is 0 Å². The monoisotopic (exact) mass is 316 g/mol. The lowest BCUT2D eigenvalue weighted by molar-refractivity contribution is -0.0597. The maximum atomic E-state index is 5.77. The van der Waals surface area contributed by atoms with E-state index in [4.69, 9.17) is 9.47 Å². The second-order valence-electron chi connectivity index (χ2n) is 6.60. The summed E-state index contributed by atoms with van der Waals surface area (Å²) in [7, 11) is 0. The number of nitrogens with zero attached hydrogens (tertiary/aromatic N) is 4. The number of hydrogen-bond donors (Lipinski definition) is 0. The van der Waals surface area contributed by atoms with Crippen molar-refractivity contribution in [3.8, 4) is 5.75 Å². The van der Waals surface area contributed by atoms with Gasteiger partial charge in [-0.2, -0.15) is 0 Å². The Bertz CT molecular complexity index is 612. The van der Waals surface area contributed by atoms with Crippen molar-refractivity contribution in [3.05, 3.63) is 36.4 Å². The normalized spacial score (nSPS) is 20.3. The van der Waals surface area contributed by atoms with Crippen LogP contribution in [-0.2, 0) is 11.3 Å². The van der Waals surface area contributed by atoms with Gasteiger partial charge in [-0.25, -0.2) is 0 Å². The van der Waals surface area contributed by atoms with Crippen molar-refractivity contribution >= 4 is 0 Å². The number of pyridine rings is 1. The molecule has 0 unspecified atom stereocenters. The van der Waals surface area contributed by atoms with E-state index in [1.165, 1.54) is 0 Å². The first-order valence-electron chi connectivity index (χ1n) is 8.19. The summed E-state index contributed by atoms with van der Waals surface area (Å²) in [6.07, 6.45) is 8.43. The largest absolute Gasteiger partial charge is 0.492 e. The Hall–Kier alpha value is -1.95. The summed E-state index contributed by atoms with van der Waals surface area (Å²) in [6.45, 7) is 6.52. The highest BCUT2D eigenvalue weighted by molar-refractivity contribution is 5.15. The molecule has 1 aliphatic heterocycles. The van der Waals surface area contributed by atoms with Crippen molar-refractivity contribution in [1.82, 2.24) is 20.0 Å². The van der Waals surface area contributed by atoms with Crippen LogP contribution in [-0.4, -0.2) is 38.8 Å². The molecule has 2 aromatic rings. The molecule has 6 nitrogen and oxygen atoms in total. The van der Waals surface area contributed by atoms with Gasteiger partial charge in [-0.1, -0.05) is 5.21 Å². The van der Waals surface area contributed by atoms with Gasteiger partial charge in [0, 0.05) is 37.9 Å². The average Bonchev–Trinajstić information content (AvgIpc) is 3.01. The Kier molecular flexibility index (Phi) is 4.91.